The maximum atomic E-state index is 13.7. The van der Waals surface area contributed by atoms with Crippen LogP contribution in [-0.4, -0.2) is 46.6 Å². The van der Waals surface area contributed by atoms with Crippen molar-refractivity contribution in [2.45, 2.75) is 58.7 Å². The van der Waals surface area contributed by atoms with Crippen LogP contribution in [0, 0.1) is 5.92 Å². The van der Waals surface area contributed by atoms with Crippen LogP contribution in [0.2, 0.25) is 0 Å². The van der Waals surface area contributed by atoms with Crippen molar-refractivity contribution in [1.29, 1.82) is 0 Å². The van der Waals surface area contributed by atoms with Gasteiger partial charge in [0.05, 0.1) is 0 Å². The first-order valence-corrected chi connectivity index (χ1v) is 12.7. The van der Waals surface area contributed by atoms with Gasteiger partial charge in [-0.1, -0.05) is 62.4 Å². The number of benzene rings is 3. The molecule has 3 aromatic rings. The number of anilines is 1. The molecule has 8 nitrogen and oxygen atoms in total. The number of phenolic OH excluding ortho intramolecular Hbond substituents is 1. The Morgan fingerprint density at radius 1 is 0.947 bits per heavy atom. The van der Waals surface area contributed by atoms with Crippen molar-refractivity contribution >= 4 is 34.4 Å². The predicted octanol–water partition coefficient (Wildman–Crippen LogP) is 5.62. The minimum absolute atomic E-state index is 0.0716. The highest BCUT2D eigenvalue weighted by molar-refractivity contribution is 6.00. The zero-order valence-corrected chi connectivity index (χ0v) is 22.8. The minimum atomic E-state index is -1.16. The maximum absolute atomic E-state index is 13.7. The Balaban J connectivity index is 1.93. The molecule has 0 fully saturated rings. The number of phenols is 1. The van der Waals surface area contributed by atoms with Crippen molar-refractivity contribution in [1.82, 2.24) is 10.2 Å². The van der Waals surface area contributed by atoms with Crippen LogP contribution in [0.3, 0.4) is 0 Å². The molecule has 0 spiro atoms. The highest BCUT2D eigenvalue weighted by atomic mass is 16.6. The van der Waals surface area contributed by atoms with Crippen molar-refractivity contribution in [3.63, 3.8) is 0 Å². The molecule has 0 aliphatic carbocycles. The van der Waals surface area contributed by atoms with Gasteiger partial charge < -0.3 is 25.4 Å². The first kappa shape index (κ1) is 28.5. The molecule has 3 rings (SSSR count). The molecule has 0 aliphatic heterocycles. The van der Waals surface area contributed by atoms with Crippen LogP contribution in [0.4, 0.5) is 10.5 Å². The number of amides is 3. The number of nitrogens with zero attached hydrogens (tertiary/aromatic N) is 1. The third kappa shape index (κ3) is 7.47. The molecular formula is C30H37N3O5. The first-order valence-electron chi connectivity index (χ1n) is 12.7. The fraction of sp³-hybridized carbons (Fsp3) is 0.367. The van der Waals surface area contributed by atoms with E-state index in [-0.39, 0.29) is 17.2 Å². The van der Waals surface area contributed by atoms with Gasteiger partial charge in [0, 0.05) is 18.3 Å². The smallest absolute Gasteiger partial charge is 0.408 e. The number of aromatic hydroxyl groups is 1. The van der Waals surface area contributed by atoms with E-state index in [1.54, 1.807) is 45.0 Å². The van der Waals surface area contributed by atoms with E-state index in [1.807, 2.05) is 50.2 Å². The predicted molar refractivity (Wildman–Crippen MR) is 149 cm³/mol. The largest absolute Gasteiger partial charge is 0.508 e. The molecule has 3 N–H and O–H groups in total. The molecule has 3 amide bonds. The van der Waals surface area contributed by atoms with Crippen LogP contribution in [-0.2, 0) is 14.3 Å². The molecule has 3 aromatic carbocycles. The zero-order valence-electron chi connectivity index (χ0n) is 22.8. The average Bonchev–Trinajstić information content (AvgIpc) is 2.83. The lowest BCUT2D eigenvalue weighted by Crippen LogP contribution is -2.51. The van der Waals surface area contributed by atoms with Gasteiger partial charge in [0.15, 0.2) is 0 Å². The van der Waals surface area contributed by atoms with E-state index in [0.29, 0.717) is 12.1 Å². The molecule has 2 atom stereocenters. The number of fused-ring (bicyclic) bond motifs is 1. The second kappa shape index (κ2) is 12.0. The van der Waals surface area contributed by atoms with Crippen molar-refractivity contribution in [2.75, 3.05) is 12.4 Å². The van der Waals surface area contributed by atoms with Gasteiger partial charge in [0.25, 0.3) is 5.91 Å². The molecule has 0 saturated heterocycles. The number of carbonyl (C=O) groups is 3. The van der Waals surface area contributed by atoms with Gasteiger partial charge in [0.1, 0.15) is 23.4 Å². The van der Waals surface area contributed by atoms with E-state index < -0.39 is 35.6 Å². The Morgan fingerprint density at radius 3 is 2.21 bits per heavy atom. The van der Waals surface area contributed by atoms with Crippen LogP contribution in [0.15, 0.2) is 66.7 Å². The quantitative estimate of drug-likeness (QED) is 0.358. The first-order chi connectivity index (χ1) is 17.9. The topological polar surface area (TPSA) is 108 Å². The molecule has 0 saturated carbocycles. The number of nitrogens with one attached hydrogen (secondary N) is 2. The van der Waals surface area contributed by atoms with Crippen LogP contribution >= 0.6 is 0 Å². The Morgan fingerprint density at radius 2 is 1.58 bits per heavy atom. The van der Waals surface area contributed by atoms with Crippen LogP contribution in [0.1, 0.15) is 52.6 Å². The highest BCUT2D eigenvalue weighted by Gasteiger charge is 2.35. The summed E-state index contributed by atoms with van der Waals surface area (Å²) in [5.74, 6) is -1.03. The van der Waals surface area contributed by atoms with E-state index in [1.165, 1.54) is 18.0 Å². The molecule has 2 unspecified atom stereocenters. The van der Waals surface area contributed by atoms with E-state index in [0.717, 1.165) is 10.8 Å². The Hall–Kier alpha value is -4.07. The average molecular weight is 520 g/mol. The van der Waals surface area contributed by atoms with Gasteiger partial charge in [-0.25, -0.2) is 4.79 Å². The Bertz CT molecular complexity index is 1300. The van der Waals surface area contributed by atoms with Crippen molar-refractivity contribution in [2.24, 2.45) is 5.92 Å². The number of ether oxygens (including phenoxy) is 1. The Labute approximate surface area is 224 Å². The number of likely N-dealkylation sites (N-methyl/N-ethyl adjacent to an activating group) is 1. The summed E-state index contributed by atoms with van der Waals surface area (Å²) in [5.41, 5.74) is 0.0854. The molecule has 0 heterocycles. The molecule has 0 aliphatic rings. The lowest BCUT2D eigenvalue weighted by atomic mass is 9.99. The SMILES string of the molecule is CC(C)CC(NC(=O)OC(C)(C)C)C(=O)N(C)C(C(=O)Nc1ccc2ccccc2c1)c1ccccc1O. The number of carbonyl (C=O) groups excluding carboxylic acids is 3. The summed E-state index contributed by atoms with van der Waals surface area (Å²) in [6.45, 7) is 9.09. The van der Waals surface area contributed by atoms with Gasteiger partial charge in [-0.3, -0.25) is 9.59 Å². The minimum Gasteiger partial charge on any atom is -0.508 e. The molecular weight excluding hydrogens is 482 g/mol. The molecule has 202 valence electrons. The summed E-state index contributed by atoms with van der Waals surface area (Å²) < 4.78 is 5.37. The summed E-state index contributed by atoms with van der Waals surface area (Å²) >= 11 is 0. The number of para-hydroxylation sites is 1. The van der Waals surface area contributed by atoms with Gasteiger partial charge in [0.2, 0.25) is 5.91 Å². The van der Waals surface area contributed by atoms with Crippen molar-refractivity contribution in [3.05, 3.63) is 72.3 Å². The maximum Gasteiger partial charge on any atom is 0.408 e. The number of hydrogen-bond donors (Lipinski definition) is 3. The van der Waals surface area contributed by atoms with Gasteiger partial charge in [-0.15, -0.1) is 0 Å². The van der Waals surface area contributed by atoms with Crippen LogP contribution in [0.25, 0.3) is 10.8 Å². The van der Waals surface area contributed by atoms with Gasteiger partial charge >= 0.3 is 6.09 Å². The number of rotatable bonds is 8. The summed E-state index contributed by atoms with van der Waals surface area (Å²) in [7, 11) is 1.49. The van der Waals surface area contributed by atoms with E-state index in [2.05, 4.69) is 10.6 Å². The second-order valence-electron chi connectivity index (χ2n) is 10.8. The molecule has 0 aromatic heterocycles. The number of alkyl carbamates (subject to hydrolysis) is 1. The van der Waals surface area contributed by atoms with Crippen LogP contribution < -0.4 is 10.6 Å². The fourth-order valence-electron chi connectivity index (χ4n) is 4.24. The molecule has 38 heavy (non-hydrogen) atoms. The third-order valence-corrected chi connectivity index (χ3v) is 5.93. The highest BCUT2D eigenvalue weighted by Crippen LogP contribution is 2.30. The van der Waals surface area contributed by atoms with Crippen LogP contribution in [0.5, 0.6) is 5.75 Å². The van der Waals surface area contributed by atoms with Gasteiger partial charge in [-0.2, -0.15) is 0 Å². The normalized spacial score (nSPS) is 13.0. The van der Waals surface area contributed by atoms with E-state index in [4.69, 9.17) is 4.74 Å². The molecule has 8 heteroatoms. The molecule has 0 bridgehead atoms. The van der Waals surface area contributed by atoms with Gasteiger partial charge in [-0.05, 0) is 62.1 Å². The monoisotopic (exact) mass is 519 g/mol. The molecule has 0 radical (unpaired) electrons. The number of hydrogen-bond acceptors (Lipinski definition) is 5. The summed E-state index contributed by atoms with van der Waals surface area (Å²) in [5, 5.41) is 18.2. The Kier molecular flexibility index (Phi) is 8.99. The summed E-state index contributed by atoms with van der Waals surface area (Å²) in [4.78, 5) is 41.2. The van der Waals surface area contributed by atoms with Crippen molar-refractivity contribution < 1.29 is 24.2 Å². The standard InChI is InChI=1S/C30H37N3O5/c1-19(2)17-24(32-29(37)38-30(3,4)5)28(36)33(6)26(23-13-9-10-14-25(23)34)27(35)31-22-16-15-20-11-7-8-12-21(20)18-22/h7-16,18-19,24,26,34H,17H2,1-6H3,(H,31,35)(H,32,37). The van der Waals surface area contributed by atoms with E-state index in [9.17, 15) is 19.5 Å². The third-order valence-electron chi connectivity index (χ3n) is 5.93. The fourth-order valence-corrected chi connectivity index (χ4v) is 4.24. The summed E-state index contributed by atoms with van der Waals surface area (Å²) in [6, 6.07) is 17.6. The van der Waals surface area contributed by atoms with E-state index >= 15 is 0 Å². The zero-order chi connectivity index (χ0) is 28.0. The summed E-state index contributed by atoms with van der Waals surface area (Å²) in [6.07, 6.45) is -0.382. The lowest BCUT2D eigenvalue weighted by molar-refractivity contribution is -0.139. The van der Waals surface area contributed by atoms with Crippen molar-refractivity contribution in [3.8, 4) is 5.75 Å². The second-order valence-corrected chi connectivity index (χ2v) is 10.8. The lowest BCUT2D eigenvalue weighted by Gasteiger charge is -2.32.